The molecule has 0 radical (unpaired) electrons. The monoisotopic (exact) mass is 790 g/mol. The van der Waals surface area contributed by atoms with Crippen LogP contribution in [0.4, 0.5) is 0 Å². The normalized spacial score (nSPS) is 13.1. The van der Waals surface area contributed by atoms with Crippen molar-refractivity contribution in [2.75, 3.05) is 0 Å². The van der Waals surface area contributed by atoms with Crippen LogP contribution in [-0.2, 0) is 39.6 Å². The summed E-state index contributed by atoms with van der Waals surface area (Å²) < 4.78 is 0. The number of hydrogen-bond donors (Lipinski definition) is 0. The predicted octanol–water partition coefficient (Wildman–Crippen LogP) is 10.7. The molecule has 0 atom stereocenters. The molecule has 0 spiro atoms. The molecule has 0 aliphatic heterocycles. The van der Waals surface area contributed by atoms with Crippen LogP contribution in [0.3, 0.4) is 0 Å². The van der Waals surface area contributed by atoms with Crippen molar-refractivity contribution in [1.29, 1.82) is 0 Å². The SMILES string of the molecule is CC1(C)c2ccccc2-c2ccc(-c3cccc([C-]([Si](C)(C)C)[Si](C)(C)C)n3)cc21.C[SiH](C)C[C-](C[SiH](C)C)c1ccccn1.[Cu+].[Cu+]. The van der Waals surface area contributed by atoms with E-state index in [9.17, 15) is 0 Å². The van der Waals surface area contributed by atoms with Crippen LogP contribution in [0.1, 0.15) is 36.4 Å². The molecule has 260 valence electrons. The minimum atomic E-state index is -1.45. The summed E-state index contributed by atoms with van der Waals surface area (Å²) in [6.07, 6.45) is 1.92. The largest absolute Gasteiger partial charge is 1.00 e. The van der Waals surface area contributed by atoms with Crippen LogP contribution in [0.2, 0.25) is 77.6 Å². The van der Waals surface area contributed by atoms with Crippen molar-refractivity contribution in [1.82, 2.24) is 9.97 Å². The molecule has 0 fully saturated rings. The minimum absolute atomic E-state index is 0. The maximum atomic E-state index is 5.23. The first-order valence-electron chi connectivity index (χ1n) is 16.9. The molecule has 2 aromatic carbocycles. The van der Waals surface area contributed by atoms with Crippen molar-refractivity contribution in [2.24, 2.45) is 0 Å². The van der Waals surface area contributed by atoms with Gasteiger partial charge in [0.2, 0.25) is 0 Å². The molecule has 2 heterocycles. The van der Waals surface area contributed by atoms with Crippen molar-refractivity contribution >= 4 is 33.7 Å². The summed E-state index contributed by atoms with van der Waals surface area (Å²) in [5.41, 5.74) is 10.4. The van der Waals surface area contributed by atoms with E-state index in [0.29, 0.717) is 0 Å². The second-order valence-corrected chi connectivity index (χ2v) is 33.1. The van der Waals surface area contributed by atoms with Crippen LogP contribution in [0.25, 0.3) is 22.4 Å². The van der Waals surface area contributed by atoms with E-state index in [4.69, 9.17) is 4.98 Å². The zero-order chi connectivity index (χ0) is 33.2. The molecule has 0 saturated carbocycles. The molecular weight excluding hydrogens is 736 g/mol. The average molecular weight is 792 g/mol. The molecule has 0 N–H and O–H groups in total. The molecule has 0 unspecified atom stereocenters. The number of pyridine rings is 2. The van der Waals surface area contributed by atoms with Gasteiger partial charge in [0, 0.05) is 34.8 Å². The van der Waals surface area contributed by atoms with Crippen LogP contribution in [0.15, 0.2) is 85.1 Å². The first-order valence-corrected chi connectivity index (χ1v) is 30.1. The fraction of sp³-hybridized carbons (Fsp3) is 0.385. The van der Waals surface area contributed by atoms with E-state index in [2.05, 4.69) is 157 Å². The van der Waals surface area contributed by atoms with Gasteiger partial charge in [0.1, 0.15) is 0 Å². The molecule has 0 bridgehead atoms. The van der Waals surface area contributed by atoms with E-state index >= 15 is 0 Å². The zero-order valence-electron chi connectivity index (χ0n) is 30.6. The molecule has 47 heavy (non-hydrogen) atoms. The molecule has 1 aliphatic carbocycles. The van der Waals surface area contributed by atoms with Crippen molar-refractivity contribution in [3.63, 3.8) is 0 Å². The first-order chi connectivity index (χ1) is 21.0. The van der Waals surface area contributed by atoms with Gasteiger partial charge in [-0.05, 0) is 44.5 Å². The second-order valence-electron chi connectivity index (χ2n) is 16.2. The molecule has 8 heteroatoms. The van der Waals surface area contributed by atoms with Gasteiger partial charge in [0.25, 0.3) is 0 Å². The van der Waals surface area contributed by atoms with Gasteiger partial charge in [-0.1, -0.05) is 139 Å². The number of aromatic nitrogens is 2. The fourth-order valence-electron chi connectivity index (χ4n) is 7.34. The van der Waals surface area contributed by atoms with Crippen LogP contribution in [0.5, 0.6) is 0 Å². The van der Waals surface area contributed by atoms with E-state index in [-0.39, 0.29) is 39.6 Å². The third-order valence-corrected chi connectivity index (χ3v) is 19.4. The molecular formula is C39H56Cu2N2Si4. The zero-order valence-corrected chi connectivity index (χ0v) is 36.8. The summed E-state index contributed by atoms with van der Waals surface area (Å²) in [7, 11) is -3.93. The fourth-order valence-corrected chi connectivity index (χ4v) is 21.2. The van der Waals surface area contributed by atoms with Crippen LogP contribution in [-0.4, -0.2) is 43.7 Å². The third-order valence-electron chi connectivity index (χ3n) is 8.72. The van der Waals surface area contributed by atoms with E-state index in [0.717, 1.165) is 5.69 Å². The van der Waals surface area contributed by atoms with Crippen molar-refractivity contribution in [2.45, 2.75) is 96.8 Å². The van der Waals surface area contributed by atoms with E-state index in [1.807, 2.05) is 12.3 Å². The van der Waals surface area contributed by atoms with E-state index < -0.39 is 33.7 Å². The Bertz CT molecular complexity index is 1550. The Morgan fingerprint density at radius 3 is 1.74 bits per heavy atom. The predicted molar refractivity (Wildman–Crippen MR) is 210 cm³/mol. The molecule has 0 saturated heterocycles. The van der Waals surface area contributed by atoms with Crippen LogP contribution in [0, 0.1) is 11.1 Å². The van der Waals surface area contributed by atoms with Crippen LogP contribution < -0.4 is 0 Å². The summed E-state index contributed by atoms with van der Waals surface area (Å²) in [6.45, 7) is 29.1. The number of benzene rings is 2. The van der Waals surface area contributed by atoms with Gasteiger partial charge in [-0.2, -0.15) is 23.2 Å². The maximum Gasteiger partial charge on any atom is 1.00 e. The minimum Gasteiger partial charge on any atom is -0.295 e. The van der Waals surface area contributed by atoms with Crippen molar-refractivity contribution in [3.8, 4) is 22.4 Å². The third kappa shape index (κ3) is 10.2. The molecule has 0 amide bonds. The van der Waals surface area contributed by atoms with Gasteiger partial charge in [-0.25, -0.2) is 0 Å². The Balaban J connectivity index is 0.000000386. The van der Waals surface area contributed by atoms with E-state index in [1.54, 1.807) is 11.1 Å². The standard InChI is InChI=1S/C27H34NSi2.C12H22NSi2.2Cu/c1-27(2)22-13-10-9-12-20(22)21-17-16-19(18-23(21)27)24-14-11-15-25(28-24)26(29(3,4)5)30(6,7)8;1-14(2)9-11(10-15(3)4)12-7-5-6-8-13-12;;/h9-18H,1-8H3;5-8,14-15H,9-10H2,1-4H3;;/q2*-1;2*+1. The Hall–Kier alpha value is -1.61. The summed E-state index contributed by atoms with van der Waals surface area (Å²) in [6, 6.07) is 31.3. The molecule has 2 aromatic heterocycles. The van der Waals surface area contributed by atoms with Gasteiger partial charge in [-0.3, -0.25) is 9.97 Å². The number of nitrogens with zero attached hydrogens (tertiary/aromatic N) is 2. The first kappa shape index (κ1) is 41.6. The van der Waals surface area contributed by atoms with Crippen molar-refractivity contribution < 1.29 is 34.1 Å². The topological polar surface area (TPSA) is 25.8 Å². The molecule has 5 rings (SSSR count). The Kier molecular flexibility index (Phi) is 14.9. The molecule has 4 aromatic rings. The Morgan fingerprint density at radius 1 is 0.638 bits per heavy atom. The maximum absolute atomic E-state index is 5.23. The van der Waals surface area contributed by atoms with E-state index in [1.165, 1.54) is 51.3 Å². The summed E-state index contributed by atoms with van der Waals surface area (Å²) in [5.74, 6) is 1.62. The molecule has 2 nitrogen and oxygen atoms in total. The smallest absolute Gasteiger partial charge is 0.295 e. The van der Waals surface area contributed by atoms with Gasteiger partial charge < -0.3 is 0 Å². The Labute approximate surface area is 313 Å². The average Bonchev–Trinajstić information content (AvgIpc) is 3.18. The summed E-state index contributed by atoms with van der Waals surface area (Å²) >= 11 is 0. The molecule has 1 aliphatic rings. The van der Waals surface area contributed by atoms with Crippen LogP contribution >= 0.6 is 0 Å². The van der Waals surface area contributed by atoms with Gasteiger partial charge in [0.15, 0.2) is 0 Å². The number of fused-ring (bicyclic) bond motifs is 3. The summed E-state index contributed by atoms with van der Waals surface area (Å²) in [5, 5.41) is 1.67. The second kappa shape index (κ2) is 16.9. The quantitative estimate of drug-likeness (QED) is 0.125. The van der Waals surface area contributed by atoms with Gasteiger partial charge >= 0.3 is 34.1 Å². The Morgan fingerprint density at radius 2 is 1.19 bits per heavy atom. The number of rotatable bonds is 9. The summed E-state index contributed by atoms with van der Waals surface area (Å²) in [4.78, 5) is 9.72. The van der Waals surface area contributed by atoms with Gasteiger partial charge in [0.05, 0.1) is 5.69 Å². The van der Waals surface area contributed by atoms with Gasteiger partial charge in [-0.15, -0.1) is 24.2 Å². The number of hydrogen-bond acceptors (Lipinski definition) is 2. The van der Waals surface area contributed by atoms with Crippen molar-refractivity contribution in [3.05, 3.63) is 119 Å².